The van der Waals surface area contributed by atoms with Crippen LogP contribution in [-0.2, 0) is 27.4 Å². The lowest BCUT2D eigenvalue weighted by atomic mass is 9.87. The maximum Gasteiger partial charge on any atom is 0.309 e. The molecular weight excluding hydrogens is 290 g/mol. The third-order valence-corrected chi connectivity index (χ3v) is 3.86. The number of esters is 1. The molecule has 0 aromatic heterocycles. The number of benzene rings is 2. The van der Waals surface area contributed by atoms with Crippen molar-refractivity contribution in [1.29, 1.82) is 0 Å². The van der Waals surface area contributed by atoms with Crippen molar-refractivity contribution in [3.63, 3.8) is 0 Å². The third kappa shape index (κ3) is 4.95. The molecule has 23 heavy (non-hydrogen) atoms. The predicted octanol–water partition coefficient (Wildman–Crippen LogP) is 2.71. The van der Waals surface area contributed by atoms with Crippen LogP contribution in [0.5, 0.6) is 0 Å². The Morgan fingerprint density at radius 1 is 0.957 bits per heavy atom. The number of primary amides is 1. The van der Waals surface area contributed by atoms with Crippen molar-refractivity contribution in [3.05, 3.63) is 71.8 Å². The molecule has 2 atom stereocenters. The van der Waals surface area contributed by atoms with Crippen LogP contribution < -0.4 is 5.73 Å². The summed E-state index contributed by atoms with van der Waals surface area (Å²) in [4.78, 5) is 24.0. The molecule has 0 aliphatic rings. The smallest absolute Gasteiger partial charge is 0.309 e. The van der Waals surface area contributed by atoms with Crippen LogP contribution in [0.2, 0.25) is 0 Å². The summed E-state index contributed by atoms with van der Waals surface area (Å²) in [6.07, 6.45) is 0.428. The highest BCUT2D eigenvalue weighted by Gasteiger charge is 2.30. The highest BCUT2D eigenvalue weighted by molar-refractivity contribution is 5.84. The molecule has 0 bridgehead atoms. The number of carbonyl (C=O) groups excluding carboxylic acids is 2. The normalized spacial score (nSPS) is 13.1. The third-order valence-electron chi connectivity index (χ3n) is 3.86. The van der Waals surface area contributed by atoms with Crippen LogP contribution in [0.3, 0.4) is 0 Å². The fourth-order valence-electron chi connectivity index (χ4n) is 2.42. The first-order valence-corrected chi connectivity index (χ1v) is 7.61. The SMILES string of the molecule is CC(C(=O)OCc1ccccc1)C(Cc1ccccc1)C(N)=O. The molecule has 0 heterocycles. The van der Waals surface area contributed by atoms with Gasteiger partial charge in [0.15, 0.2) is 0 Å². The number of rotatable bonds is 7. The van der Waals surface area contributed by atoms with Crippen molar-refractivity contribution in [1.82, 2.24) is 0 Å². The summed E-state index contributed by atoms with van der Waals surface area (Å²) in [5, 5.41) is 0. The first-order valence-electron chi connectivity index (χ1n) is 7.61. The van der Waals surface area contributed by atoms with Crippen LogP contribution in [0.25, 0.3) is 0 Å². The van der Waals surface area contributed by atoms with Gasteiger partial charge in [-0.1, -0.05) is 67.6 Å². The van der Waals surface area contributed by atoms with E-state index in [4.69, 9.17) is 10.5 Å². The zero-order chi connectivity index (χ0) is 16.7. The molecule has 4 heteroatoms. The van der Waals surface area contributed by atoms with Crippen molar-refractivity contribution in [2.24, 2.45) is 17.6 Å². The second kappa shape index (κ2) is 8.13. The van der Waals surface area contributed by atoms with Crippen molar-refractivity contribution in [3.8, 4) is 0 Å². The molecule has 2 aromatic rings. The van der Waals surface area contributed by atoms with Gasteiger partial charge in [-0.3, -0.25) is 9.59 Å². The fraction of sp³-hybridized carbons (Fsp3) is 0.263. The summed E-state index contributed by atoms with van der Waals surface area (Å²) in [7, 11) is 0. The fourth-order valence-corrected chi connectivity index (χ4v) is 2.42. The molecule has 2 unspecified atom stereocenters. The molecule has 0 saturated carbocycles. The molecule has 0 aliphatic heterocycles. The lowest BCUT2D eigenvalue weighted by Gasteiger charge is -2.20. The second-order valence-electron chi connectivity index (χ2n) is 5.58. The Morgan fingerprint density at radius 2 is 1.48 bits per heavy atom. The van der Waals surface area contributed by atoms with E-state index in [1.807, 2.05) is 60.7 Å². The van der Waals surface area contributed by atoms with Gasteiger partial charge in [-0.15, -0.1) is 0 Å². The second-order valence-corrected chi connectivity index (χ2v) is 5.58. The van der Waals surface area contributed by atoms with Crippen LogP contribution in [0.15, 0.2) is 60.7 Å². The zero-order valence-corrected chi connectivity index (χ0v) is 13.1. The van der Waals surface area contributed by atoms with Crippen molar-refractivity contribution in [2.45, 2.75) is 20.0 Å². The van der Waals surface area contributed by atoms with E-state index < -0.39 is 23.7 Å². The molecule has 0 fully saturated rings. The summed E-state index contributed by atoms with van der Waals surface area (Å²) in [6, 6.07) is 19.0. The molecular formula is C19H21NO3. The van der Waals surface area contributed by atoms with Gasteiger partial charge in [0.05, 0.1) is 11.8 Å². The topological polar surface area (TPSA) is 69.4 Å². The Labute approximate surface area is 136 Å². The Hall–Kier alpha value is -2.62. The Morgan fingerprint density at radius 3 is 2.00 bits per heavy atom. The van der Waals surface area contributed by atoms with E-state index in [1.54, 1.807) is 6.92 Å². The highest BCUT2D eigenvalue weighted by Crippen LogP contribution is 2.19. The van der Waals surface area contributed by atoms with E-state index in [2.05, 4.69) is 0 Å². The molecule has 2 rings (SSSR count). The Bertz CT molecular complexity index is 640. The molecule has 0 spiro atoms. The summed E-state index contributed by atoms with van der Waals surface area (Å²) < 4.78 is 5.31. The number of ether oxygens (including phenoxy) is 1. The van der Waals surface area contributed by atoms with Crippen LogP contribution in [-0.4, -0.2) is 11.9 Å². The van der Waals surface area contributed by atoms with E-state index in [-0.39, 0.29) is 6.61 Å². The van der Waals surface area contributed by atoms with E-state index in [0.29, 0.717) is 6.42 Å². The van der Waals surface area contributed by atoms with Gasteiger partial charge < -0.3 is 10.5 Å². The molecule has 2 N–H and O–H groups in total. The zero-order valence-electron chi connectivity index (χ0n) is 13.1. The van der Waals surface area contributed by atoms with Gasteiger partial charge in [-0.05, 0) is 17.5 Å². The minimum Gasteiger partial charge on any atom is -0.461 e. The van der Waals surface area contributed by atoms with Gasteiger partial charge in [-0.2, -0.15) is 0 Å². The first-order chi connectivity index (χ1) is 11.1. The van der Waals surface area contributed by atoms with Crippen LogP contribution in [0.1, 0.15) is 18.1 Å². The summed E-state index contributed by atoms with van der Waals surface area (Å²) in [5.41, 5.74) is 7.36. The number of amides is 1. The van der Waals surface area contributed by atoms with Gasteiger partial charge in [0, 0.05) is 0 Å². The number of hydrogen-bond donors (Lipinski definition) is 1. The molecule has 4 nitrogen and oxygen atoms in total. The Kier molecular flexibility index (Phi) is 5.92. The van der Waals surface area contributed by atoms with E-state index in [9.17, 15) is 9.59 Å². The Balaban J connectivity index is 1.98. The molecule has 120 valence electrons. The maximum absolute atomic E-state index is 12.2. The average Bonchev–Trinajstić information content (AvgIpc) is 2.58. The minimum atomic E-state index is -0.587. The van der Waals surface area contributed by atoms with Gasteiger partial charge in [0.1, 0.15) is 6.61 Å². The lowest BCUT2D eigenvalue weighted by molar-refractivity contribution is -0.153. The summed E-state index contributed by atoms with van der Waals surface area (Å²) in [5.74, 6) is -2.07. The largest absolute Gasteiger partial charge is 0.461 e. The van der Waals surface area contributed by atoms with Gasteiger partial charge >= 0.3 is 5.97 Å². The molecule has 1 amide bonds. The van der Waals surface area contributed by atoms with Crippen LogP contribution >= 0.6 is 0 Å². The van der Waals surface area contributed by atoms with Crippen LogP contribution in [0, 0.1) is 11.8 Å². The van der Waals surface area contributed by atoms with E-state index in [1.165, 1.54) is 0 Å². The highest BCUT2D eigenvalue weighted by atomic mass is 16.5. The van der Waals surface area contributed by atoms with Crippen LogP contribution in [0.4, 0.5) is 0 Å². The summed E-state index contributed by atoms with van der Waals surface area (Å²) >= 11 is 0. The number of hydrogen-bond acceptors (Lipinski definition) is 3. The monoisotopic (exact) mass is 311 g/mol. The van der Waals surface area contributed by atoms with Crippen molar-refractivity contribution in [2.75, 3.05) is 0 Å². The minimum absolute atomic E-state index is 0.195. The molecule has 0 aliphatic carbocycles. The maximum atomic E-state index is 12.2. The van der Waals surface area contributed by atoms with E-state index in [0.717, 1.165) is 11.1 Å². The number of carbonyl (C=O) groups is 2. The standard InChI is InChI=1S/C19H21NO3/c1-14(19(22)23-13-16-10-6-3-7-11-16)17(18(20)21)12-15-8-4-2-5-9-15/h2-11,14,17H,12-13H2,1H3,(H2,20,21). The van der Waals surface area contributed by atoms with Gasteiger partial charge in [-0.25, -0.2) is 0 Å². The van der Waals surface area contributed by atoms with Crippen molar-refractivity contribution < 1.29 is 14.3 Å². The quantitative estimate of drug-likeness (QED) is 0.799. The van der Waals surface area contributed by atoms with Crippen molar-refractivity contribution >= 4 is 11.9 Å². The molecule has 0 radical (unpaired) electrons. The number of nitrogens with two attached hydrogens (primary N) is 1. The summed E-state index contributed by atoms with van der Waals surface area (Å²) in [6.45, 7) is 1.88. The lowest BCUT2D eigenvalue weighted by Crippen LogP contribution is -2.35. The first kappa shape index (κ1) is 16.7. The molecule has 2 aromatic carbocycles. The predicted molar refractivity (Wildman–Crippen MR) is 88.2 cm³/mol. The average molecular weight is 311 g/mol. The van der Waals surface area contributed by atoms with Gasteiger partial charge in [0.2, 0.25) is 5.91 Å². The van der Waals surface area contributed by atoms with Gasteiger partial charge in [0.25, 0.3) is 0 Å². The van der Waals surface area contributed by atoms with E-state index >= 15 is 0 Å². The molecule has 0 saturated heterocycles.